The standard InChI is InChI=1S/C42H63F2NO7/c1-23(2)25-12-17-41(34(50)45-29-20-24(33(48)49)21-42(29,43)44)19-18-39(8)26(32(25)41)10-11-28-38(7)15-14-30(52-35(51)36(3,4)22-31(46)47)37(5,6)27(38)13-16-40(28,39)9/h24-30,32H,1,10-22H2,2-9H3,(H,45,50)(H,46,47)(H,48,49)/t24?,25?,26?,27-,28+,29?,30-,32?,38-,39+,40+,41-/m0/s1. The van der Waals surface area contributed by atoms with Crippen LogP contribution in [0.15, 0.2) is 12.2 Å². The average Bonchev–Trinajstić information content (AvgIpc) is 3.56. The van der Waals surface area contributed by atoms with E-state index in [0.29, 0.717) is 24.7 Å². The van der Waals surface area contributed by atoms with E-state index >= 15 is 8.78 Å². The van der Waals surface area contributed by atoms with E-state index in [1.807, 2.05) is 6.92 Å². The molecule has 6 rings (SSSR count). The third-order valence-electron chi connectivity index (χ3n) is 17.1. The predicted octanol–water partition coefficient (Wildman–Crippen LogP) is 8.67. The van der Waals surface area contributed by atoms with Gasteiger partial charge in [-0.25, -0.2) is 8.78 Å². The van der Waals surface area contributed by atoms with E-state index in [0.717, 1.165) is 56.9 Å². The first-order valence-corrected chi connectivity index (χ1v) is 19.9. The molecule has 0 heterocycles. The Morgan fingerprint density at radius 1 is 0.865 bits per heavy atom. The third kappa shape index (κ3) is 5.67. The van der Waals surface area contributed by atoms with Crippen LogP contribution in [0.3, 0.4) is 0 Å². The molecular weight excluding hydrogens is 668 g/mol. The number of esters is 1. The van der Waals surface area contributed by atoms with Crippen molar-refractivity contribution in [1.29, 1.82) is 0 Å². The first-order valence-electron chi connectivity index (χ1n) is 19.9. The lowest BCUT2D eigenvalue weighted by Crippen LogP contribution is -2.67. The number of fused-ring (bicyclic) bond motifs is 7. The fourth-order valence-electron chi connectivity index (χ4n) is 14.1. The molecule has 52 heavy (non-hydrogen) atoms. The molecule has 3 N–H and O–H groups in total. The molecule has 10 heteroatoms. The number of hydrogen-bond acceptors (Lipinski definition) is 5. The van der Waals surface area contributed by atoms with Gasteiger partial charge in [-0.2, -0.15) is 0 Å². The number of carbonyl (C=O) groups is 4. The Bertz CT molecular complexity index is 1520. The summed E-state index contributed by atoms with van der Waals surface area (Å²) in [4.78, 5) is 50.9. The largest absolute Gasteiger partial charge is 0.481 e. The summed E-state index contributed by atoms with van der Waals surface area (Å²) in [7, 11) is 0. The topological polar surface area (TPSA) is 130 Å². The van der Waals surface area contributed by atoms with Crippen molar-refractivity contribution >= 4 is 23.8 Å². The second-order valence-electron chi connectivity index (χ2n) is 20.3. The highest BCUT2D eigenvalue weighted by Gasteiger charge is 2.72. The zero-order chi connectivity index (χ0) is 38.6. The molecule has 0 aromatic heterocycles. The Kier molecular flexibility index (Phi) is 9.42. The van der Waals surface area contributed by atoms with Crippen molar-refractivity contribution < 1.29 is 42.9 Å². The van der Waals surface area contributed by atoms with E-state index in [2.05, 4.69) is 46.5 Å². The van der Waals surface area contributed by atoms with Crippen molar-refractivity contribution in [2.45, 2.75) is 157 Å². The van der Waals surface area contributed by atoms with Crippen LogP contribution in [0.5, 0.6) is 0 Å². The zero-order valence-corrected chi connectivity index (χ0v) is 32.7. The molecule has 6 aliphatic carbocycles. The average molecular weight is 732 g/mol. The van der Waals surface area contributed by atoms with Gasteiger partial charge >= 0.3 is 17.9 Å². The molecule has 0 bridgehead atoms. The maximum absolute atomic E-state index is 15.1. The summed E-state index contributed by atoms with van der Waals surface area (Å²) in [5.74, 6) is -6.43. The van der Waals surface area contributed by atoms with Gasteiger partial charge in [0.05, 0.1) is 29.2 Å². The molecule has 6 saturated carbocycles. The van der Waals surface area contributed by atoms with Crippen LogP contribution in [-0.2, 0) is 23.9 Å². The van der Waals surface area contributed by atoms with E-state index in [9.17, 15) is 29.4 Å². The molecule has 6 fully saturated rings. The van der Waals surface area contributed by atoms with Gasteiger partial charge in [0.2, 0.25) is 5.91 Å². The van der Waals surface area contributed by atoms with Gasteiger partial charge in [-0.3, -0.25) is 19.2 Å². The Morgan fingerprint density at radius 3 is 2.13 bits per heavy atom. The molecule has 292 valence electrons. The van der Waals surface area contributed by atoms with Gasteiger partial charge in [-0.05, 0) is 137 Å². The smallest absolute Gasteiger partial charge is 0.312 e. The van der Waals surface area contributed by atoms with Crippen molar-refractivity contribution in [3.63, 3.8) is 0 Å². The maximum Gasteiger partial charge on any atom is 0.312 e. The first kappa shape index (κ1) is 39.2. The van der Waals surface area contributed by atoms with Gasteiger partial charge in [0.15, 0.2) is 0 Å². The first-order chi connectivity index (χ1) is 23.9. The number of allylic oxidation sites excluding steroid dienone is 1. The molecule has 8 nitrogen and oxygen atoms in total. The van der Waals surface area contributed by atoms with Crippen LogP contribution in [0.1, 0.15) is 139 Å². The quantitative estimate of drug-likeness (QED) is 0.168. The summed E-state index contributed by atoms with van der Waals surface area (Å²) in [6.45, 7) is 21.6. The molecule has 0 aromatic carbocycles. The Labute approximate surface area is 308 Å². The number of nitrogens with one attached hydrogen (secondary N) is 1. The van der Waals surface area contributed by atoms with Crippen LogP contribution in [0.25, 0.3) is 0 Å². The number of ether oxygens (including phenoxy) is 1. The van der Waals surface area contributed by atoms with Crippen LogP contribution >= 0.6 is 0 Å². The van der Waals surface area contributed by atoms with Crippen LogP contribution in [0.2, 0.25) is 0 Å². The van der Waals surface area contributed by atoms with E-state index in [1.165, 1.54) is 0 Å². The third-order valence-corrected chi connectivity index (χ3v) is 17.1. The lowest BCUT2D eigenvalue weighted by molar-refractivity contribution is -0.250. The minimum Gasteiger partial charge on any atom is -0.481 e. The van der Waals surface area contributed by atoms with Crippen LogP contribution in [-0.4, -0.2) is 52.1 Å². The molecular formula is C42H63F2NO7. The summed E-state index contributed by atoms with van der Waals surface area (Å²) in [5, 5.41) is 21.6. The highest BCUT2D eigenvalue weighted by atomic mass is 19.3. The number of alkyl halides is 2. The molecule has 1 amide bonds. The Hall–Kier alpha value is -2.52. The molecule has 0 spiro atoms. The second kappa shape index (κ2) is 12.5. The minimum atomic E-state index is -3.26. The second-order valence-corrected chi connectivity index (χ2v) is 20.3. The zero-order valence-electron chi connectivity index (χ0n) is 32.7. The van der Waals surface area contributed by atoms with Gasteiger partial charge in [-0.15, -0.1) is 0 Å². The van der Waals surface area contributed by atoms with Crippen LogP contribution in [0.4, 0.5) is 8.78 Å². The monoisotopic (exact) mass is 731 g/mol. The SMILES string of the molecule is C=C(C)C1CC[C@]2(C(=O)NC3CC(C(=O)O)CC3(F)F)CC[C@]3(C)C(CC[C@@H]4[C@@]5(C)CC[C@H](OC(=O)C(C)(C)CC(=O)O)C(C)(C)[C@@H]5CC[C@]43C)C12. The number of carbonyl (C=O) groups excluding carboxylic acids is 2. The van der Waals surface area contributed by atoms with Gasteiger partial charge in [0.25, 0.3) is 5.92 Å². The van der Waals surface area contributed by atoms with Gasteiger partial charge in [0.1, 0.15) is 6.10 Å². The maximum atomic E-state index is 15.1. The molecule has 6 aliphatic rings. The molecule has 0 radical (unpaired) electrons. The van der Waals surface area contributed by atoms with Crippen molar-refractivity contribution in [2.75, 3.05) is 0 Å². The summed E-state index contributed by atoms with van der Waals surface area (Å²) in [6.07, 6.45) is 6.88. The van der Waals surface area contributed by atoms with Crippen molar-refractivity contribution in [3.8, 4) is 0 Å². The molecule has 0 aromatic rings. The Morgan fingerprint density at radius 2 is 1.54 bits per heavy atom. The van der Waals surface area contributed by atoms with Crippen molar-refractivity contribution in [2.24, 2.45) is 68.0 Å². The number of amides is 1. The summed E-state index contributed by atoms with van der Waals surface area (Å²) < 4.78 is 36.5. The number of carboxylic acid groups (broad SMARTS) is 2. The van der Waals surface area contributed by atoms with Gasteiger partial charge in [-0.1, -0.05) is 46.8 Å². The lowest BCUT2D eigenvalue weighted by Gasteiger charge is -2.73. The summed E-state index contributed by atoms with van der Waals surface area (Å²) >= 11 is 0. The van der Waals surface area contributed by atoms with E-state index in [-0.39, 0.29) is 64.3 Å². The number of aliphatic carboxylic acids is 2. The number of halogens is 2. The fourth-order valence-corrected chi connectivity index (χ4v) is 14.1. The number of carboxylic acids is 2. The van der Waals surface area contributed by atoms with Gasteiger partial charge < -0.3 is 20.3 Å². The van der Waals surface area contributed by atoms with E-state index in [1.54, 1.807) is 13.8 Å². The number of rotatable bonds is 8. The van der Waals surface area contributed by atoms with E-state index in [4.69, 9.17) is 4.74 Å². The lowest BCUT2D eigenvalue weighted by atomic mass is 9.32. The normalized spacial score (nSPS) is 44.7. The molecule has 5 unspecified atom stereocenters. The molecule has 0 aliphatic heterocycles. The van der Waals surface area contributed by atoms with Gasteiger partial charge in [0, 0.05) is 11.8 Å². The van der Waals surface area contributed by atoms with Crippen molar-refractivity contribution in [1.82, 2.24) is 5.32 Å². The fraction of sp³-hybridized carbons (Fsp3) is 0.857. The predicted molar refractivity (Wildman–Crippen MR) is 192 cm³/mol. The van der Waals surface area contributed by atoms with Crippen molar-refractivity contribution in [3.05, 3.63) is 12.2 Å². The molecule has 0 saturated heterocycles. The summed E-state index contributed by atoms with van der Waals surface area (Å²) in [5.41, 5.74) is -1.28. The highest BCUT2D eigenvalue weighted by Crippen LogP contribution is 2.77. The highest BCUT2D eigenvalue weighted by molar-refractivity contribution is 5.85. The molecule has 12 atom stereocenters. The van der Waals surface area contributed by atoms with E-state index < -0.39 is 53.0 Å². The number of hydrogen-bond donors (Lipinski definition) is 3. The minimum absolute atomic E-state index is 0.00590. The Balaban J connectivity index is 1.27. The van der Waals surface area contributed by atoms with Crippen LogP contribution < -0.4 is 5.32 Å². The summed E-state index contributed by atoms with van der Waals surface area (Å²) in [6, 6.07) is -1.47. The van der Waals surface area contributed by atoms with Crippen LogP contribution in [0, 0.1) is 68.0 Å².